The minimum absolute atomic E-state index is 0.0325. The number of aromatic nitrogens is 4. The van der Waals surface area contributed by atoms with E-state index in [4.69, 9.17) is 0 Å². The quantitative estimate of drug-likeness (QED) is 0.460. The molecule has 3 aromatic rings. The Morgan fingerprint density at radius 1 is 1.19 bits per heavy atom. The van der Waals surface area contributed by atoms with Crippen LogP contribution in [0.3, 0.4) is 0 Å². The maximum Gasteiger partial charge on any atom is 0.296 e. The van der Waals surface area contributed by atoms with Crippen molar-refractivity contribution < 1.29 is 19.1 Å². The van der Waals surface area contributed by atoms with Gasteiger partial charge in [0, 0.05) is 19.8 Å². The topological polar surface area (TPSA) is 142 Å². The molecular weight excluding hydrogens is 407 g/mol. The van der Waals surface area contributed by atoms with Crippen molar-refractivity contribution in [2.45, 2.75) is 25.9 Å². The van der Waals surface area contributed by atoms with E-state index in [9.17, 15) is 23.9 Å². The van der Waals surface area contributed by atoms with E-state index in [1.165, 1.54) is 43.6 Å². The van der Waals surface area contributed by atoms with Gasteiger partial charge in [-0.1, -0.05) is 12.1 Å². The van der Waals surface area contributed by atoms with Crippen molar-refractivity contribution in [3.63, 3.8) is 0 Å². The number of benzene rings is 1. The van der Waals surface area contributed by atoms with Gasteiger partial charge >= 0.3 is 0 Å². The highest BCUT2D eigenvalue weighted by Crippen LogP contribution is 2.20. The SMILES string of the molecule is Cn1c(C(C)(C)NC(=O)c2ccn[nH]2)nc(C(=O)NCc2ccc(F)cc2)c(O)c1=O. The summed E-state index contributed by atoms with van der Waals surface area (Å²) in [7, 11) is 1.37. The molecule has 0 spiro atoms. The maximum absolute atomic E-state index is 13.0. The van der Waals surface area contributed by atoms with Gasteiger partial charge in [0.15, 0.2) is 5.69 Å². The number of H-pyrrole nitrogens is 1. The van der Waals surface area contributed by atoms with E-state index in [0.717, 1.165) is 4.57 Å². The lowest BCUT2D eigenvalue weighted by atomic mass is 10.0. The summed E-state index contributed by atoms with van der Waals surface area (Å²) in [5.41, 5.74) is -1.69. The third-order valence-corrected chi connectivity index (χ3v) is 4.58. The Kier molecular flexibility index (Phi) is 5.86. The van der Waals surface area contributed by atoms with Gasteiger partial charge < -0.3 is 15.7 Å². The highest BCUT2D eigenvalue weighted by atomic mass is 19.1. The number of nitrogens with zero attached hydrogens (tertiary/aromatic N) is 3. The van der Waals surface area contributed by atoms with E-state index >= 15 is 0 Å². The van der Waals surface area contributed by atoms with Crippen LogP contribution in [0.15, 0.2) is 41.3 Å². The molecule has 11 heteroatoms. The molecule has 1 aromatic carbocycles. The summed E-state index contributed by atoms with van der Waals surface area (Å²) in [6.07, 6.45) is 1.42. The summed E-state index contributed by atoms with van der Waals surface area (Å²) in [6, 6.07) is 6.96. The van der Waals surface area contributed by atoms with Crippen LogP contribution in [-0.4, -0.2) is 36.7 Å². The lowest BCUT2D eigenvalue weighted by molar-refractivity contribution is 0.0901. The molecule has 0 unspecified atom stereocenters. The molecule has 0 saturated carbocycles. The zero-order valence-corrected chi connectivity index (χ0v) is 17.1. The van der Waals surface area contributed by atoms with Crippen LogP contribution in [0.2, 0.25) is 0 Å². The first-order chi connectivity index (χ1) is 14.6. The Hall–Kier alpha value is -4.02. The van der Waals surface area contributed by atoms with Crippen molar-refractivity contribution in [3.05, 3.63) is 75.5 Å². The van der Waals surface area contributed by atoms with Crippen molar-refractivity contribution in [2.24, 2.45) is 7.05 Å². The molecule has 162 valence electrons. The summed E-state index contributed by atoms with van der Waals surface area (Å²) in [4.78, 5) is 41.7. The van der Waals surface area contributed by atoms with Gasteiger partial charge in [-0.2, -0.15) is 5.10 Å². The number of amides is 2. The number of hydrogen-bond donors (Lipinski definition) is 4. The van der Waals surface area contributed by atoms with Crippen LogP contribution in [0.25, 0.3) is 0 Å². The van der Waals surface area contributed by atoms with E-state index in [1.54, 1.807) is 13.8 Å². The van der Waals surface area contributed by atoms with Gasteiger partial charge in [0.05, 0.1) is 5.54 Å². The number of hydrogen-bond acceptors (Lipinski definition) is 6. The molecule has 0 aliphatic heterocycles. The Morgan fingerprint density at radius 2 is 1.87 bits per heavy atom. The molecule has 2 amide bonds. The largest absolute Gasteiger partial charge is 0.501 e. The third kappa shape index (κ3) is 4.60. The highest BCUT2D eigenvalue weighted by Gasteiger charge is 2.31. The Labute approximate surface area is 176 Å². The van der Waals surface area contributed by atoms with Gasteiger partial charge in [-0.25, -0.2) is 9.37 Å². The summed E-state index contributed by atoms with van der Waals surface area (Å²) >= 11 is 0. The summed E-state index contributed by atoms with van der Waals surface area (Å²) in [5.74, 6) is -2.47. The fourth-order valence-corrected chi connectivity index (χ4v) is 2.97. The zero-order chi connectivity index (χ0) is 22.8. The van der Waals surface area contributed by atoms with Gasteiger partial charge in [0.1, 0.15) is 17.3 Å². The maximum atomic E-state index is 13.0. The van der Waals surface area contributed by atoms with E-state index in [2.05, 4.69) is 25.8 Å². The fraction of sp³-hybridized carbons (Fsp3) is 0.250. The summed E-state index contributed by atoms with van der Waals surface area (Å²) < 4.78 is 14.1. The first-order valence-electron chi connectivity index (χ1n) is 9.25. The molecule has 3 rings (SSSR count). The molecule has 2 aromatic heterocycles. The average Bonchev–Trinajstić information content (AvgIpc) is 3.26. The number of nitrogens with one attached hydrogen (secondary N) is 3. The molecule has 0 radical (unpaired) electrons. The molecule has 4 N–H and O–H groups in total. The predicted octanol–water partition coefficient (Wildman–Crippen LogP) is 0.943. The smallest absolute Gasteiger partial charge is 0.296 e. The van der Waals surface area contributed by atoms with Gasteiger partial charge in [-0.3, -0.25) is 24.0 Å². The van der Waals surface area contributed by atoms with E-state index in [-0.39, 0.29) is 18.1 Å². The first kappa shape index (κ1) is 21.7. The molecule has 0 aliphatic rings. The Morgan fingerprint density at radius 3 is 2.48 bits per heavy atom. The minimum Gasteiger partial charge on any atom is -0.501 e. The number of rotatable bonds is 6. The van der Waals surface area contributed by atoms with E-state index < -0.39 is 40.2 Å². The average molecular weight is 428 g/mol. The van der Waals surface area contributed by atoms with Gasteiger partial charge in [-0.15, -0.1) is 0 Å². The van der Waals surface area contributed by atoms with Crippen molar-refractivity contribution in [1.82, 2.24) is 30.4 Å². The summed E-state index contributed by atoms with van der Waals surface area (Å²) in [5, 5.41) is 21.7. The number of aromatic amines is 1. The van der Waals surface area contributed by atoms with Gasteiger partial charge in [0.25, 0.3) is 17.4 Å². The highest BCUT2D eigenvalue weighted by molar-refractivity contribution is 5.95. The lowest BCUT2D eigenvalue weighted by Gasteiger charge is -2.27. The van der Waals surface area contributed by atoms with Crippen molar-refractivity contribution in [1.29, 1.82) is 0 Å². The van der Waals surface area contributed by atoms with Crippen molar-refractivity contribution >= 4 is 11.8 Å². The van der Waals surface area contributed by atoms with Crippen molar-refractivity contribution in [3.8, 4) is 5.75 Å². The van der Waals surface area contributed by atoms with Crippen LogP contribution in [-0.2, 0) is 19.1 Å². The molecule has 0 atom stereocenters. The number of aromatic hydroxyl groups is 1. The molecule has 0 fully saturated rings. The number of carbonyl (C=O) groups excluding carboxylic acids is 2. The van der Waals surface area contributed by atoms with E-state index in [1.807, 2.05) is 0 Å². The second-order valence-electron chi connectivity index (χ2n) is 7.36. The molecule has 0 aliphatic carbocycles. The van der Waals surface area contributed by atoms with Crippen LogP contribution >= 0.6 is 0 Å². The number of carbonyl (C=O) groups is 2. The minimum atomic E-state index is -1.18. The standard InChI is InChI=1S/C20H21FN6O4/c1-20(2,25-16(29)13-8-9-23-26-13)19-24-14(15(28)18(31)27(19)3)17(30)22-10-11-4-6-12(21)7-5-11/h4-9,28H,10H2,1-3H3,(H,22,30)(H,23,26)(H,25,29). The summed E-state index contributed by atoms with van der Waals surface area (Å²) in [6.45, 7) is 3.23. The van der Waals surface area contributed by atoms with Crippen LogP contribution in [0, 0.1) is 5.82 Å². The Balaban J connectivity index is 1.88. The Bertz CT molecular complexity index is 1170. The van der Waals surface area contributed by atoms with Gasteiger partial charge in [0.2, 0.25) is 5.75 Å². The second-order valence-corrected chi connectivity index (χ2v) is 7.36. The van der Waals surface area contributed by atoms with Crippen LogP contribution in [0.5, 0.6) is 5.75 Å². The fourth-order valence-electron chi connectivity index (χ4n) is 2.97. The van der Waals surface area contributed by atoms with Crippen LogP contribution in [0.1, 0.15) is 46.2 Å². The zero-order valence-electron chi connectivity index (χ0n) is 17.1. The second kappa shape index (κ2) is 8.38. The third-order valence-electron chi connectivity index (χ3n) is 4.58. The van der Waals surface area contributed by atoms with E-state index in [0.29, 0.717) is 5.56 Å². The number of halogens is 1. The molecule has 0 bridgehead atoms. The van der Waals surface area contributed by atoms with Gasteiger partial charge in [-0.05, 0) is 37.6 Å². The monoisotopic (exact) mass is 428 g/mol. The normalized spacial score (nSPS) is 11.2. The molecule has 0 saturated heterocycles. The molecule has 2 heterocycles. The lowest BCUT2D eigenvalue weighted by Crippen LogP contribution is -2.46. The molecule has 10 nitrogen and oxygen atoms in total. The van der Waals surface area contributed by atoms with Crippen LogP contribution < -0.4 is 16.2 Å². The van der Waals surface area contributed by atoms with Crippen LogP contribution in [0.4, 0.5) is 4.39 Å². The molecular formula is C20H21FN6O4. The predicted molar refractivity (Wildman–Crippen MR) is 108 cm³/mol. The van der Waals surface area contributed by atoms with Crippen molar-refractivity contribution in [2.75, 3.05) is 0 Å². The first-order valence-corrected chi connectivity index (χ1v) is 9.25. The molecule has 31 heavy (non-hydrogen) atoms.